The van der Waals surface area contributed by atoms with Crippen LogP contribution in [0, 0.1) is 0 Å². The second kappa shape index (κ2) is 3.01. The van der Waals surface area contributed by atoms with Crippen molar-refractivity contribution in [3.63, 3.8) is 0 Å². The van der Waals surface area contributed by atoms with Crippen LogP contribution in [-0.2, 0) is 16.2 Å². The molecule has 0 aromatic carbocycles. The lowest BCUT2D eigenvalue weighted by Gasteiger charge is -2.27. The molecule has 1 amide bonds. The smallest absolute Gasteiger partial charge is 0.302 e. The lowest BCUT2D eigenvalue weighted by Crippen LogP contribution is -2.32. The lowest BCUT2D eigenvalue weighted by atomic mass is 10.2. The maximum atomic E-state index is 12.0. The quantitative estimate of drug-likeness (QED) is 0.598. The summed E-state index contributed by atoms with van der Waals surface area (Å²) >= 11 is -1.40. The Morgan fingerprint density at radius 2 is 2.33 bits per heavy atom. The molecule has 3 heterocycles. The fraction of sp³-hybridized carbons (Fsp3) is 0.100. The molecule has 3 rings (SSSR count). The molecule has 4 nitrogen and oxygen atoms in total. The van der Waals surface area contributed by atoms with Gasteiger partial charge in [-0.15, -0.1) is 0 Å². The summed E-state index contributed by atoms with van der Waals surface area (Å²) in [6, 6.07) is 0. The molecule has 1 unspecified atom stereocenters. The Balaban J connectivity index is 2.11. The Hall–Kier alpha value is -1.46. The van der Waals surface area contributed by atoms with Crippen LogP contribution in [0.3, 0.4) is 0 Å². The zero-order chi connectivity index (χ0) is 10.4. The predicted molar refractivity (Wildman–Crippen MR) is 56.4 cm³/mol. The van der Waals surface area contributed by atoms with E-state index in [4.69, 9.17) is 0 Å². The largest absolute Gasteiger partial charge is 0.587 e. The molecule has 5 heteroatoms. The highest BCUT2D eigenvalue weighted by atomic mass is 32.2. The van der Waals surface area contributed by atoms with Gasteiger partial charge in [0.05, 0.1) is 11.9 Å². The average Bonchev–Trinajstić information content (AvgIpc) is 2.61. The van der Waals surface area contributed by atoms with Crippen molar-refractivity contribution in [3.05, 3.63) is 46.7 Å². The molecule has 0 aromatic heterocycles. The maximum Gasteiger partial charge on any atom is 0.302 e. The van der Waals surface area contributed by atoms with Crippen LogP contribution in [0.1, 0.15) is 0 Å². The van der Waals surface area contributed by atoms with E-state index in [0.717, 1.165) is 11.3 Å². The number of nitrogens with zero attached hydrogens (tertiary/aromatic N) is 1. The molecule has 3 aliphatic rings. The van der Waals surface area contributed by atoms with Crippen molar-refractivity contribution in [2.24, 2.45) is 0 Å². The summed E-state index contributed by atoms with van der Waals surface area (Å²) in [5, 5.41) is 2.68. The van der Waals surface area contributed by atoms with Gasteiger partial charge in [0.2, 0.25) is 4.91 Å². The predicted octanol–water partition coefficient (Wildman–Crippen LogP) is 0.317. The minimum atomic E-state index is -1.40. The van der Waals surface area contributed by atoms with Crippen molar-refractivity contribution in [1.29, 1.82) is 0 Å². The molecule has 0 saturated carbocycles. The van der Waals surface area contributed by atoms with E-state index in [1.807, 2.05) is 18.2 Å². The van der Waals surface area contributed by atoms with Gasteiger partial charge < -0.3 is 9.87 Å². The number of nitrogens with one attached hydrogen (secondary N) is 1. The number of rotatable bonds is 0. The number of carbonyl (C=O) groups excluding carboxylic acids is 1. The molecule has 76 valence electrons. The summed E-state index contributed by atoms with van der Waals surface area (Å²) in [5.41, 5.74) is 1.70. The van der Waals surface area contributed by atoms with Gasteiger partial charge in [0.15, 0.2) is 0 Å². The minimum absolute atomic E-state index is 0.221. The monoisotopic (exact) mass is 220 g/mol. The Morgan fingerprint density at radius 3 is 3.20 bits per heavy atom. The van der Waals surface area contributed by atoms with Crippen LogP contribution < -0.4 is 5.32 Å². The van der Waals surface area contributed by atoms with E-state index in [2.05, 4.69) is 5.32 Å². The molecule has 3 aliphatic heterocycles. The molecule has 0 aliphatic carbocycles. The van der Waals surface area contributed by atoms with Gasteiger partial charge in [-0.1, -0.05) is 6.08 Å². The van der Waals surface area contributed by atoms with E-state index in [9.17, 15) is 9.35 Å². The molecule has 0 fully saturated rings. The van der Waals surface area contributed by atoms with Crippen LogP contribution in [0.4, 0.5) is 0 Å². The number of amides is 1. The third kappa shape index (κ3) is 1.17. The molecule has 0 aromatic rings. The van der Waals surface area contributed by atoms with Crippen LogP contribution in [0.2, 0.25) is 0 Å². The van der Waals surface area contributed by atoms with E-state index in [1.165, 1.54) is 0 Å². The van der Waals surface area contributed by atoms with Gasteiger partial charge in [-0.25, -0.2) is 0 Å². The van der Waals surface area contributed by atoms with E-state index in [-0.39, 0.29) is 5.91 Å². The van der Waals surface area contributed by atoms with Gasteiger partial charge in [-0.3, -0.25) is 4.79 Å². The third-order valence-electron chi connectivity index (χ3n) is 2.47. The second-order valence-electron chi connectivity index (χ2n) is 3.38. The zero-order valence-electron chi connectivity index (χ0n) is 7.77. The fourth-order valence-electron chi connectivity index (χ4n) is 1.77. The van der Waals surface area contributed by atoms with Crippen molar-refractivity contribution in [3.8, 4) is 0 Å². The van der Waals surface area contributed by atoms with E-state index in [1.54, 1.807) is 16.6 Å². The Bertz CT molecular complexity index is 462. The molecule has 0 bridgehead atoms. The van der Waals surface area contributed by atoms with Gasteiger partial charge >= 0.3 is 5.91 Å². The highest BCUT2D eigenvalue weighted by Gasteiger charge is 2.40. The van der Waals surface area contributed by atoms with Gasteiger partial charge in [0.25, 0.3) is 0 Å². The molecular weight excluding hydrogens is 212 g/mol. The second-order valence-corrected chi connectivity index (χ2v) is 4.68. The molecule has 15 heavy (non-hydrogen) atoms. The molecule has 0 radical (unpaired) electrons. The Labute approximate surface area is 89.9 Å². The number of carbonyl (C=O) groups is 1. The summed E-state index contributed by atoms with van der Waals surface area (Å²) < 4.78 is 13.6. The minimum Gasteiger partial charge on any atom is -0.587 e. The van der Waals surface area contributed by atoms with E-state index >= 15 is 0 Å². The van der Waals surface area contributed by atoms with Crippen molar-refractivity contribution < 1.29 is 9.35 Å². The summed E-state index contributed by atoms with van der Waals surface area (Å²) in [6.07, 6.45) is 9.18. The van der Waals surface area contributed by atoms with Gasteiger partial charge in [0, 0.05) is 12.1 Å². The lowest BCUT2D eigenvalue weighted by molar-refractivity contribution is -0.116. The van der Waals surface area contributed by atoms with E-state index in [0.29, 0.717) is 11.4 Å². The van der Waals surface area contributed by atoms with Gasteiger partial charge in [-0.2, -0.15) is 4.31 Å². The molecular formula is C10H8N2O2S. The number of fused-ring (bicyclic) bond motifs is 1. The van der Waals surface area contributed by atoms with Crippen LogP contribution >= 0.6 is 0 Å². The topological polar surface area (TPSA) is 55.4 Å². The highest BCUT2D eigenvalue weighted by Crippen LogP contribution is 2.32. The number of allylic oxidation sites excluding steroid dienone is 3. The van der Waals surface area contributed by atoms with E-state index < -0.39 is 11.4 Å². The van der Waals surface area contributed by atoms with Gasteiger partial charge in [0.1, 0.15) is 11.4 Å². The third-order valence-corrected chi connectivity index (χ3v) is 3.95. The molecule has 1 N–H and O–H groups in total. The van der Waals surface area contributed by atoms with Crippen LogP contribution in [0.15, 0.2) is 46.7 Å². The normalized spacial score (nSPS) is 27.5. The fourth-order valence-corrected chi connectivity index (χ4v) is 3.04. The first kappa shape index (κ1) is 8.82. The van der Waals surface area contributed by atoms with Crippen molar-refractivity contribution in [2.75, 3.05) is 6.54 Å². The maximum absolute atomic E-state index is 12.0. The Kier molecular flexibility index (Phi) is 1.77. The molecule has 0 saturated heterocycles. The van der Waals surface area contributed by atoms with Crippen LogP contribution in [0.5, 0.6) is 0 Å². The van der Waals surface area contributed by atoms with Crippen LogP contribution in [0.25, 0.3) is 0 Å². The van der Waals surface area contributed by atoms with Crippen molar-refractivity contribution in [2.45, 2.75) is 0 Å². The summed E-state index contributed by atoms with van der Waals surface area (Å²) in [7, 11) is 0. The Morgan fingerprint density at radius 1 is 1.47 bits per heavy atom. The summed E-state index contributed by atoms with van der Waals surface area (Å²) in [4.78, 5) is 11.8. The summed E-state index contributed by atoms with van der Waals surface area (Å²) in [6.45, 7) is 0.481. The number of hydrogen-bond acceptors (Lipinski definition) is 3. The standard InChI is InChI=1S/C10H8N2O2S/c13-10-9-7(6-11-10)5-8-3-1-2-4-12(8)15(9)14/h1-5H,6H2,(H,11,13). The van der Waals surface area contributed by atoms with Crippen LogP contribution in [-0.4, -0.2) is 21.3 Å². The number of hydrogen-bond donors (Lipinski definition) is 1. The first-order chi connectivity index (χ1) is 7.27. The zero-order valence-corrected chi connectivity index (χ0v) is 8.58. The summed E-state index contributed by atoms with van der Waals surface area (Å²) in [5.74, 6) is -0.221. The highest BCUT2D eigenvalue weighted by molar-refractivity contribution is 7.94. The van der Waals surface area contributed by atoms with Crippen molar-refractivity contribution in [1.82, 2.24) is 9.62 Å². The molecule has 1 atom stereocenters. The first-order valence-electron chi connectivity index (χ1n) is 4.56. The molecule has 0 spiro atoms. The first-order valence-corrected chi connectivity index (χ1v) is 5.67. The van der Waals surface area contributed by atoms with Crippen molar-refractivity contribution >= 4 is 17.3 Å². The average molecular weight is 220 g/mol. The van der Waals surface area contributed by atoms with Gasteiger partial charge in [-0.05, 0) is 18.2 Å². The SMILES string of the molecule is O=C1NCC2=C1[S+]([O-])N1C=CC=CC1=C2.